The Morgan fingerprint density at radius 2 is 1.72 bits per heavy atom. The fourth-order valence-corrected chi connectivity index (χ4v) is 3.75. The second-order valence-corrected chi connectivity index (χ2v) is 7.43. The van der Waals surface area contributed by atoms with Gasteiger partial charge in [0.1, 0.15) is 12.4 Å². The third-order valence-electron chi connectivity index (χ3n) is 4.43. The summed E-state index contributed by atoms with van der Waals surface area (Å²) in [5.74, 6) is 1.24. The lowest BCUT2D eigenvalue weighted by molar-refractivity contribution is -0.115. The van der Waals surface area contributed by atoms with Crippen molar-refractivity contribution in [2.45, 2.75) is 18.3 Å². The number of ether oxygens (including phenoxy) is 1. The van der Waals surface area contributed by atoms with E-state index >= 15 is 0 Å². The normalized spacial score (nSPS) is 10.9. The Bertz CT molecular complexity index is 1120. The van der Waals surface area contributed by atoms with Crippen molar-refractivity contribution in [2.75, 3.05) is 5.75 Å². The smallest absolute Gasteiger partial charge is 0.227 e. The molecule has 0 unspecified atom stereocenters. The van der Waals surface area contributed by atoms with E-state index in [0.29, 0.717) is 17.5 Å². The number of nitrogens with zero attached hydrogens (tertiary/aromatic N) is 3. The summed E-state index contributed by atoms with van der Waals surface area (Å²) in [6.45, 7) is 0.855. The zero-order valence-corrected chi connectivity index (χ0v) is 16.5. The Kier molecular flexibility index (Phi) is 5.76. The van der Waals surface area contributed by atoms with Gasteiger partial charge >= 0.3 is 0 Å². The Labute approximate surface area is 172 Å². The van der Waals surface area contributed by atoms with E-state index in [4.69, 9.17) is 10.5 Å². The third-order valence-corrected chi connectivity index (χ3v) is 5.42. The fraction of sp³-hybridized carbons (Fsp3) is 0.136. The highest BCUT2D eigenvalue weighted by Gasteiger charge is 2.15. The van der Waals surface area contributed by atoms with Crippen LogP contribution in [0.15, 0.2) is 78.0 Å². The number of hydrogen-bond donors (Lipinski definition) is 1. The molecule has 2 N–H and O–H groups in total. The van der Waals surface area contributed by atoms with Crippen LogP contribution in [-0.2, 0) is 17.9 Å². The van der Waals surface area contributed by atoms with E-state index in [1.807, 2.05) is 65.2 Å². The van der Waals surface area contributed by atoms with E-state index in [-0.39, 0.29) is 12.4 Å². The lowest BCUT2D eigenvalue weighted by Gasteiger charge is -2.12. The van der Waals surface area contributed by atoms with Crippen molar-refractivity contribution in [3.05, 3.63) is 84.2 Å². The fourth-order valence-electron chi connectivity index (χ4n) is 3.06. The number of rotatable bonds is 8. The summed E-state index contributed by atoms with van der Waals surface area (Å²) in [5, 5.41) is 11.4. The van der Waals surface area contributed by atoms with Gasteiger partial charge in [-0.1, -0.05) is 78.5 Å². The summed E-state index contributed by atoms with van der Waals surface area (Å²) in [6.07, 6.45) is 0. The third kappa shape index (κ3) is 4.57. The lowest BCUT2D eigenvalue weighted by Crippen LogP contribution is -2.14. The van der Waals surface area contributed by atoms with Gasteiger partial charge in [-0.2, -0.15) is 0 Å². The number of amides is 1. The van der Waals surface area contributed by atoms with Gasteiger partial charge in [-0.15, -0.1) is 10.2 Å². The van der Waals surface area contributed by atoms with Crippen LogP contribution in [0.2, 0.25) is 0 Å². The van der Waals surface area contributed by atoms with Crippen LogP contribution in [0.3, 0.4) is 0 Å². The molecule has 0 radical (unpaired) electrons. The molecular weight excluding hydrogens is 384 g/mol. The number of fused-ring (bicyclic) bond motifs is 1. The molecule has 0 spiro atoms. The van der Waals surface area contributed by atoms with Crippen LogP contribution in [0.25, 0.3) is 10.8 Å². The first-order chi connectivity index (χ1) is 14.2. The largest absolute Gasteiger partial charge is 0.485 e. The average Bonchev–Trinajstić information content (AvgIpc) is 3.13. The molecule has 7 heteroatoms. The number of hydrogen-bond acceptors (Lipinski definition) is 5. The van der Waals surface area contributed by atoms with E-state index in [1.54, 1.807) is 0 Å². The van der Waals surface area contributed by atoms with Gasteiger partial charge < -0.3 is 10.5 Å². The topological polar surface area (TPSA) is 83.0 Å². The molecule has 0 aliphatic rings. The van der Waals surface area contributed by atoms with Crippen LogP contribution < -0.4 is 10.5 Å². The Balaban J connectivity index is 1.59. The van der Waals surface area contributed by atoms with Crippen molar-refractivity contribution < 1.29 is 9.53 Å². The molecule has 3 aromatic carbocycles. The van der Waals surface area contributed by atoms with Crippen LogP contribution in [-0.4, -0.2) is 26.4 Å². The molecule has 0 saturated heterocycles. The van der Waals surface area contributed by atoms with Crippen molar-refractivity contribution in [3.8, 4) is 5.75 Å². The van der Waals surface area contributed by atoms with Gasteiger partial charge in [0, 0.05) is 5.39 Å². The maximum Gasteiger partial charge on any atom is 0.227 e. The van der Waals surface area contributed by atoms with E-state index in [2.05, 4.69) is 22.3 Å². The molecule has 1 amide bonds. The van der Waals surface area contributed by atoms with E-state index in [0.717, 1.165) is 22.1 Å². The maximum absolute atomic E-state index is 11.2. The van der Waals surface area contributed by atoms with Gasteiger partial charge in [0.05, 0.1) is 12.3 Å². The molecule has 4 aromatic rings. The first-order valence-corrected chi connectivity index (χ1v) is 10.2. The maximum atomic E-state index is 11.2. The van der Waals surface area contributed by atoms with Gasteiger partial charge in [0.15, 0.2) is 11.0 Å². The first-order valence-electron chi connectivity index (χ1n) is 9.18. The summed E-state index contributed by atoms with van der Waals surface area (Å²) >= 11 is 1.28. The predicted molar refractivity (Wildman–Crippen MR) is 114 cm³/mol. The van der Waals surface area contributed by atoms with Gasteiger partial charge in [0.25, 0.3) is 0 Å². The minimum atomic E-state index is -0.391. The van der Waals surface area contributed by atoms with Crippen LogP contribution >= 0.6 is 11.8 Å². The predicted octanol–water partition coefficient (Wildman–Crippen LogP) is 3.64. The number of thioether (sulfide) groups is 1. The second-order valence-electron chi connectivity index (χ2n) is 6.49. The molecule has 0 atom stereocenters. The monoisotopic (exact) mass is 404 g/mol. The van der Waals surface area contributed by atoms with Gasteiger partial charge in [0.2, 0.25) is 5.91 Å². The molecule has 0 aliphatic carbocycles. The second kappa shape index (κ2) is 8.79. The SMILES string of the molecule is NC(=O)CSc1nnc(COc2cccc3ccccc23)n1Cc1ccccc1. The quantitative estimate of drug-likeness (QED) is 0.453. The highest BCUT2D eigenvalue weighted by atomic mass is 32.2. The Morgan fingerprint density at radius 3 is 2.55 bits per heavy atom. The van der Waals surface area contributed by atoms with Crippen molar-refractivity contribution in [2.24, 2.45) is 5.73 Å². The van der Waals surface area contributed by atoms with E-state index in [9.17, 15) is 4.79 Å². The van der Waals surface area contributed by atoms with Crippen molar-refractivity contribution in [1.82, 2.24) is 14.8 Å². The molecule has 0 bridgehead atoms. The molecule has 0 fully saturated rings. The first kappa shape index (κ1) is 19.0. The lowest BCUT2D eigenvalue weighted by atomic mass is 10.1. The molecule has 1 heterocycles. The number of benzene rings is 3. The number of carbonyl (C=O) groups is 1. The average molecular weight is 404 g/mol. The summed E-state index contributed by atoms with van der Waals surface area (Å²) < 4.78 is 8.06. The Hall–Kier alpha value is -3.32. The minimum absolute atomic E-state index is 0.150. The molecule has 0 saturated carbocycles. The standard InChI is InChI=1S/C22H20N4O2S/c23-20(27)15-29-22-25-24-21(26(22)13-16-7-2-1-3-8-16)14-28-19-12-6-10-17-9-4-5-11-18(17)19/h1-12H,13-15H2,(H2,23,27). The molecule has 1 aromatic heterocycles. The zero-order chi connectivity index (χ0) is 20.1. The zero-order valence-electron chi connectivity index (χ0n) is 15.7. The number of aromatic nitrogens is 3. The molecule has 0 aliphatic heterocycles. The summed E-state index contributed by atoms with van der Waals surface area (Å²) in [6, 6.07) is 24.1. The molecule has 29 heavy (non-hydrogen) atoms. The van der Waals surface area contributed by atoms with Crippen LogP contribution in [0.5, 0.6) is 5.75 Å². The van der Waals surface area contributed by atoms with E-state index in [1.165, 1.54) is 11.8 Å². The number of carbonyl (C=O) groups excluding carboxylic acids is 1. The van der Waals surface area contributed by atoms with Gasteiger partial charge in [-0.05, 0) is 17.0 Å². The van der Waals surface area contributed by atoms with Crippen LogP contribution in [0.4, 0.5) is 0 Å². The molecular formula is C22H20N4O2S. The minimum Gasteiger partial charge on any atom is -0.485 e. The highest BCUT2D eigenvalue weighted by Crippen LogP contribution is 2.26. The van der Waals surface area contributed by atoms with Gasteiger partial charge in [-0.3, -0.25) is 9.36 Å². The van der Waals surface area contributed by atoms with Crippen molar-refractivity contribution in [1.29, 1.82) is 0 Å². The van der Waals surface area contributed by atoms with Crippen LogP contribution in [0.1, 0.15) is 11.4 Å². The van der Waals surface area contributed by atoms with Gasteiger partial charge in [-0.25, -0.2) is 0 Å². The van der Waals surface area contributed by atoms with Crippen LogP contribution in [0, 0.1) is 0 Å². The number of primary amides is 1. The molecule has 146 valence electrons. The highest BCUT2D eigenvalue weighted by molar-refractivity contribution is 7.99. The molecule has 4 rings (SSSR count). The van der Waals surface area contributed by atoms with Crippen molar-refractivity contribution in [3.63, 3.8) is 0 Å². The van der Waals surface area contributed by atoms with Crippen molar-refractivity contribution >= 4 is 28.4 Å². The summed E-state index contributed by atoms with van der Waals surface area (Å²) in [4.78, 5) is 11.2. The molecule has 6 nitrogen and oxygen atoms in total. The van der Waals surface area contributed by atoms with E-state index < -0.39 is 5.91 Å². The summed E-state index contributed by atoms with van der Waals surface area (Å²) in [7, 11) is 0. The number of nitrogens with two attached hydrogens (primary N) is 1. The Morgan fingerprint density at radius 1 is 0.966 bits per heavy atom. The summed E-state index contributed by atoms with van der Waals surface area (Å²) in [5.41, 5.74) is 6.41.